The summed E-state index contributed by atoms with van der Waals surface area (Å²) >= 11 is 0. The summed E-state index contributed by atoms with van der Waals surface area (Å²) in [6, 6.07) is 11.4. The molecule has 0 aliphatic heterocycles. The highest BCUT2D eigenvalue weighted by atomic mass is 16.5. The van der Waals surface area contributed by atoms with Gasteiger partial charge in [-0.15, -0.1) is 0 Å². The van der Waals surface area contributed by atoms with E-state index >= 15 is 0 Å². The molecule has 0 saturated carbocycles. The molecule has 1 aromatic heterocycles. The Kier molecular flexibility index (Phi) is 4.55. The van der Waals surface area contributed by atoms with Crippen LogP contribution in [0.15, 0.2) is 48.8 Å². The lowest BCUT2D eigenvalue weighted by atomic mass is 10.2. The molecule has 0 radical (unpaired) electrons. The second kappa shape index (κ2) is 6.61. The van der Waals surface area contributed by atoms with Crippen molar-refractivity contribution >= 4 is 0 Å². The number of nitrogens with two attached hydrogens (primary N) is 1. The molecular formula is C14H16N2O2. The topological polar surface area (TPSA) is 57.4 Å². The van der Waals surface area contributed by atoms with Crippen molar-refractivity contribution < 1.29 is 9.47 Å². The average molecular weight is 244 g/mol. The van der Waals surface area contributed by atoms with Crippen LogP contribution >= 0.6 is 0 Å². The van der Waals surface area contributed by atoms with Gasteiger partial charge in [-0.1, -0.05) is 18.2 Å². The van der Waals surface area contributed by atoms with E-state index < -0.39 is 0 Å². The molecule has 0 amide bonds. The van der Waals surface area contributed by atoms with E-state index in [-0.39, 0.29) is 0 Å². The Labute approximate surface area is 106 Å². The highest BCUT2D eigenvalue weighted by molar-refractivity contribution is 5.32. The number of pyridine rings is 1. The first-order valence-corrected chi connectivity index (χ1v) is 5.84. The zero-order chi connectivity index (χ0) is 12.6. The molecule has 2 rings (SSSR count). The molecule has 0 bridgehead atoms. The zero-order valence-corrected chi connectivity index (χ0v) is 10.1. The van der Waals surface area contributed by atoms with Crippen LogP contribution in [-0.2, 0) is 6.54 Å². The minimum Gasteiger partial charge on any atom is -0.490 e. The van der Waals surface area contributed by atoms with Crippen LogP contribution < -0.4 is 15.2 Å². The summed E-state index contributed by atoms with van der Waals surface area (Å²) in [4.78, 5) is 3.97. The molecule has 0 atom stereocenters. The third-order valence-electron chi connectivity index (χ3n) is 2.44. The van der Waals surface area contributed by atoms with Gasteiger partial charge in [0.05, 0.1) is 6.20 Å². The minimum absolute atomic E-state index is 0.472. The molecule has 4 heteroatoms. The second-order valence-electron chi connectivity index (χ2n) is 3.70. The first kappa shape index (κ1) is 12.4. The lowest BCUT2D eigenvalue weighted by Crippen LogP contribution is -2.10. The van der Waals surface area contributed by atoms with Gasteiger partial charge in [0.25, 0.3) is 0 Å². The molecule has 0 aliphatic carbocycles. The van der Waals surface area contributed by atoms with Gasteiger partial charge in [-0.05, 0) is 18.2 Å². The Bertz CT molecular complexity index is 474. The number of benzene rings is 1. The summed E-state index contributed by atoms with van der Waals surface area (Å²) in [5.41, 5.74) is 6.63. The van der Waals surface area contributed by atoms with Crippen molar-refractivity contribution in [2.75, 3.05) is 13.2 Å². The molecule has 0 spiro atoms. The standard InChI is InChI=1S/C14H16N2O2/c15-10-12-4-1-2-6-14(12)18-9-8-17-13-5-3-7-16-11-13/h1-7,11H,8-10,15H2. The normalized spacial score (nSPS) is 10.1. The number of hydrogen-bond acceptors (Lipinski definition) is 4. The highest BCUT2D eigenvalue weighted by Gasteiger charge is 2.00. The molecule has 94 valence electrons. The molecule has 18 heavy (non-hydrogen) atoms. The van der Waals surface area contributed by atoms with Crippen molar-refractivity contribution in [3.8, 4) is 11.5 Å². The van der Waals surface area contributed by atoms with Gasteiger partial charge in [0.15, 0.2) is 0 Å². The molecule has 1 heterocycles. The maximum atomic E-state index is 5.63. The van der Waals surface area contributed by atoms with Crippen molar-refractivity contribution in [3.63, 3.8) is 0 Å². The fraction of sp³-hybridized carbons (Fsp3) is 0.214. The SMILES string of the molecule is NCc1ccccc1OCCOc1cccnc1. The molecule has 2 aromatic rings. The zero-order valence-electron chi connectivity index (χ0n) is 10.1. The summed E-state index contributed by atoms with van der Waals surface area (Å²) in [5.74, 6) is 1.56. The Balaban J connectivity index is 1.78. The first-order valence-electron chi connectivity index (χ1n) is 5.84. The van der Waals surface area contributed by atoms with E-state index in [1.54, 1.807) is 12.4 Å². The van der Waals surface area contributed by atoms with E-state index in [0.29, 0.717) is 19.8 Å². The lowest BCUT2D eigenvalue weighted by Gasteiger charge is -2.10. The summed E-state index contributed by atoms with van der Waals surface area (Å²) < 4.78 is 11.1. The van der Waals surface area contributed by atoms with Gasteiger partial charge in [-0.25, -0.2) is 0 Å². The Hall–Kier alpha value is -2.07. The van der Waals surface area contributed by atoms with Gasteiger partial charge in [0.1, 0.15) is 24.7 Å². The molecule has 4 nitrogen and oxygen atoms in total. The molecule has 0 aliphatic rings. The van der Waals surface area contributed by atoms with E-state index in [2.05, 4.69) is 4.98 Å². The summed E-state index contributed by atoms with van der Waals surface area (Å²) in [5, 5.41) is 0. The monoisotopic (exact) mass is 244 g/mol. The molecular weight excluding hydrogens is 228 g/mol. The number of nitrogens with zero attached hydrogens (tertiary/aromatic N) is 1. The predicted octanol–water partition coefficient (Wildman–Crippen LogP) is 2.00. The van der Waals surface area contributed by atoms with Crippen LogP contribution in [-0.4, -0.2) is 18.2 Å². The highest BCUT2D eigenvalue weighted by Crippen LogP contribution is 2.16. The van der Waals surface area contributed by atoms with Crippen LogP contribution in [0.5, 0.6) is 11.5 Å². The smallest absolute Gasteiger partial charge is 0.137 e. The van der Waals surface area contributed by atoms with Crippen molar-refractivity contribution in [3.05, 3.63) is 54.4 Å². The van der Waals surface area contributed by atoms with E-state index in [1.165, 1.54) is 0 Å². The van der Waals surface area contributed by atoms with Crippen LogP contribution in [0.25, 0.3) is 0 Å². The van der Waals surface area contributed by atoms with Gasteiger partial charge in [0.2, 0.25) is 0 Å². The van der Waals surface area contributed by atoms with Crippen molar-refractivity contribution in [2.45, 2.75) is 6.54 Å². The fourth-order valence-electron chi connectivity index (χ4n) is 1.56. The van der Waals surface area contributed by atoms with Gasteiger partial charge in [0, 0.05) is 18.3 Å². The number of ether oxygens (including phenoxy) is 2. The van der Waals surface area contributed by atoms with Crippen molar-refractivity contribution in [1.29, 1.82) is 0 Å². The summed E-state index contributed by atoms with van der Waals surface area (Å²) in [6.45, 7) is 1.43. The summed E-state index contributed by atoms with van der Waals surface area (Å²) in [6.07, 6.45) is 3.38. The van der Waals surface area contributed by atoms with Crippen molar-refractivity contribution in [2.24, 2.45) is 5.73 Å². The Morgan fingerprint density at radius 3 is 2.61 bits per heavy atom. The number of aromatic nitrogens is 1. The maximum Gasteiger partial charge on any atom is 0.137 e. The average Bonchev–Trinajstić information content (AvgIpc) is 2.45. The van der Waals surface area contributed by atoms with Crippen LogP contribution in [0.1, 0.15) is 5.56 Å². The van der Waals surface area contributed by atoms with E-state index in [4.69, 9.17) is 15.2 Å². The Morgan fingerprint density at radius 2 is 1.83 bits per heavy atom. The Morgan fingerprint density at radius 1 is 1.00 bits per heavy atom. The predicted molar refractivity (Wildman–Crippen MR) is 69.6 cm³/mol. The lowest BCUT2D eigenvalue weighted by molar-refractivity contribution is 0.215. The van der Waals surface area contributed by atoms with Crippen molar-refractivity contribution in [1.82, 2.24) is 4.98 Å². The molecule has 1 aromatic carbocycles. The van der Waals surface area contributed by atoms with Crippen LogP contribution in [0.4, 0.5) is 0 Å². The molecule has 0 saturated heterocycles. The second-order valence-corrected chi connectivity index (χ2v) is 3.70. The molecule has 0 unspecified atom stereocenters. The first-order chi connectivity index (χ1) is 8.90. The molecule has 0 fully saturated rings. The number of hydrogen-bond donors (Lipinski definition) is 1. The van der Waals surface area contributed by atoms with Gasteiger partial charge in [-0.3, -0.25) is 4.98 Å². The quantitative estimate of drug-likeness (QED) is 0.790. The number of rotatable bonds is 6. The number of para-hydroxylation sites is 1. The largest absolute Gasteiger partial charge is 0.490 e. The summed E-state index contributed by atoms with van der Waals surface area (Å²) in [7, 11) is 0. The van der Waals surface area contributed by atoms with E-state index in [1.807, 2.05) is 36.4 Å². The fourth-order valence-corrected chi connectivity index (χ4v) is 1.56. The third kappa shape index (κ3) is 3.46. The van der Waals surface area contributed by atoms with Crippen LogP contribution in [0.2, 0.25) is 0 Å². The van der Waals surface area contributed by atoms with E-state index in [9.17, 15) is 0 Å². The van der Waals surface area contributed by atoms with E-state index in [0.717, 1.165) is 17.1 Å². The minimum atomic E-state index is 0.472. The molecule has 2 N–H and O–H groups in total. The van der Waals surface area contributed by atoms with Gasteiger partial charge >= 0.3 is 0 Å². The van der Waals surface area contributed by atoms with Gasteiger partial charge < -0.3 is 15.2 Å². The van der Waals surface area contributed by atoms with Crippen LogP contribution in [0.3, 0.4) is 0 Å². The van der Waals surface area contributed by atoms with Gasteiger partial charge in [-0.2, -0.15) is 0 Å². The maximum absolute atomic E-state index is 5.63. The third-order valence-corrected chi connectivity index (χ3v) is 2.44. The van der Waals surface area contributed by atoms with Crippen LogP contribution in [0, 0.1) is 0 Å².